The van der Waals surface area contributed by atoms with E-state index in [1.54, 1.807) is 53.9 Å². The molecule has 4 rings (SSSR count). The molecule has 150 valence electrons. The zero-order valence-corrected chi connectivity index (χ0v) is 16.6. The molecule has 2 aromatic carbocycles. The van der Waals surface area contributed by atoms with Gasteiger partial charge >= 0.3 is 0 Å². The van der Waals surface area contributed by atoms with E-state index in [1.165, 1.54) is 12.3 Å². The predicted molar refractivity (Wildman–Crippen MR) is 116 cm³/mol. The number of fused-ring (bicyclic) bond motifs is 1. The van der Waals surface area contributed by atoms with Gasteiger partial charge in [0.05, 0.1) is 17.6 Å². The quantitative estimate of drug-likeness (QED) is 0.492. The van der Waals surface area contributed by atoms with Crippen LogP contribution < -0.4 is 10.2 Å². The number of amides is 1. The van der Waals surface area contributed by atoms with Crippen LogP contribution in [0.3, 0.4) is 0 Å². The smallest absolute Gasteiger partial charge is 0.258 e. The molecule has 0 aliphatic rings. The molecule has 2 N–H and O–H groups in total. The maximum Gasteiger partial charge on any atom is 0.258 e. The number of hydrogen-bond donors (Lipinski definition) is 2. The van der Waals surface area contributed by atoms with Crippen LogP contribution in [0.15, 0.2) is 73.1 Å². The number of para-hydroxylation sites is 1. The van der Waals surface area contributed by atoms with Gasteiger partial charge in [-0.15, -0.1) is 0 Å². The van der Waals surface area contributed by atoms with E-state index >= 15 is 0 Å². The van der Waals surface area contributed by atoms with Crippen molar-refractivity contribution in [2.24, 2.45) is 0 Å². The normalized spacial score (nSPS) is 10.8. The van der Waals surface area contributed by atoms with Gasteiger partial charge in [-0.2, -0.15) is 0 Å². The van der Waals surface area contributed by atoms with Gasteiger partial charge < -0.3 is 10.2 Å². The van der Waals surface area contributed by atoms with E-state index in [2.05, 4.69) is 10.3 Å². The Hall–Kier alpha value is -4.00. The number of halogens is 1. The zero-order chi connectivity index (χ0) is 21.3. The Morgan fingerprint density at radius 3 is 2.63 bits per heavy atom. The monoisotopic (exact) mass is 401 g/mol. The number of aromatic nitrogens is 2. The van der Waals surface area contributed by atoms with Gasteiger partial charge in [0.25, 0.3) is 5.91 Å². The lowest BCUT2D eigenvalue weighted by atomic mass is 10.0. The molecule has 7 heteroatoms. The highest BCUT2D eigenvalue weighted by molar-refractivity contribution is 6.14. The Labute approximate surface area is 173 Å². The molecule has 0 bridgehead atoms. The van der Waals surface area contributed by atoms with E-state index < -0.39 is 5.82 Å². The molecule has 0 radical (unpaired) electrons. The van der Waals surface area contributed by atoms with Crippen molar-refractivity contribution < 1.29 is 9.18 Å². The number of carbonyl (C=O) groups is 1. The van der Waals surface area contributed by atoms with Crippen LogP contribution in [-0.2, 0) is 0 Å². The first-order chi connectivity index (χ1) is 14.5. The molecule has 0 fully saturated rings. The van der Waals surface area contributed by atoms with Gasteiger partial charge in [-0.1, -0.05) is 18.2 Å². The van der Waals surface area contributed by atoms with Crippen LogP contribution in [-0.4, -0.2) is 35.1 Å². The van der Waals surface area contributed by atoms with Crippen molar-refractivity contribution in [3.05, 3.63) is 95.7 Å². The van der Waals surface area contributed by atoms with Crippen molar-refractivity contribution in [3.63, 3.8) is 0 Å². The maximum atomic E-state index is 13.7. The Morgan fingerprint density at radius 1 is 1.13 bits per heavy atom. The highest BCUT2D eigenvalue weighted by Crippen LogP contribution is 2.24. The lowest BCUT2D eigenvalue weighted by Gasteiger charge is -2.19. The molecule has 0 spiro atoms. The van der Waals surface area contributed by atoms with Crippen molar-refractivity contribution in [2.75, 3.05) is 24.3 Å². The number of benzene rings is 2. The lowest BCUT2D eigenvalue weighted by molar-refractivity contribution is 0.0993. The first-order valence-electron chi connectivity index (χ1n) is 9.36. The van der Waals surface area contributed by atoms with Gasteiger partial charge in [0.1, 0.15) is 11.5 Å². The largest absolute Gasteiger partial charge is 0.388 e. The molecule has 0 atom stereocenters. The van der Waals surface area contributed by atoms with E-state index in [4.69, 9.17) is 5.41 Å². The van der Waals surface area contributed by atoms with Gasteiger partial charge in [0.15, 0.2) is 0 Å². The third-order valence-electron chi connectivity index (χ3n) is 4.98. The van der Waals surface area contributed by atoms with E-state index in [0.717, 1.165) is 5.69 Å². The molecule has 0 saturated heterocycles. The molecule has 6 nitrogen and oxygen atoms in total. The van der Waals surface area contributed by atoms with Gasteiger partial charge in [-0.3, -0.25) is 14.6 Å². The van der Waals surface area contributed by atoms with Crippen molar-refractivity contribution in [1.29, 1.82) is 5.41 Å². The summed E-state index contributed by atoms with van der Waals surface area (Å²) in [6.07, 6.45) is 2.84. The molecular formula is C23H20FN5O. The summed E-state index contributed by atoms with van der Waals surface area (Å²) in [6, 6.07) is 17.4. The number of imidazole rings is 1. The minimum absolute atomic E-state index is 0.160. The highest BCUT2D eigenvalue weighted by atomic mass is 19.1. The number of hydrogen-bond acceptors (Lipinski definition) is 4. The Bertz CT molecular complexity index is 1250. The lowest BCUT2D eigenvalue weighted by Crippen LogP contribution is -2.26. The van der Waals surface area contributed by atoms with Crippen LogP contribution >= 0.6 is 0 Å². The van der Waals surface area contributed by atoms with Crippen LogP contribution in [0.4, 0.5) is 15.8 Å². The fourth-order valence-corrected chi connectivity index (χ4v) is 3.34. The van der Waals surface area contributed by atoms with Crippen LogP contribution in [0.5, 0.6) is 0 Å². The van der Waals surface area contributed by atoms with Crippen LogP contribution in [0.25, 0.3) is 5.65 Å². The third kappa shape index (κ3) is 3.41. The third-order valence-corrected chi connectivity index (χ3v) is 4.98. The van der Waals surface area contributed by atoms with Gasteiger partial charge in [-0.05, 0) is 42.5 Å². The van der Waals surface area contributed by atoms with E-state index in [1.807, 2.05) is 30.3 Å². The molecule has 30 heavy (non-hydrogen) atoms. The fraction of sp³-hybridized carbons (Fsp3) is 0.0870. The number of nitrogens with zero attached hydrogens (tertiary/aromatic N) is 3. The van der Waals surface area contributed by atoms with Crippen LogP contribution in [0.1, 0.15) is 21.6 Å². The number of carbonyl (C=O) groups excluding carboxylic acids is 1. The Morgan fingerprint density at radius 2 is 1.90 bits per heavy atom. The fourth-order valence-electron chi connectivity index (χ4n) is 3.34. The van der Waals surface area contributed by atoms with E-state index in [-0.39, 0.29) is 11.6 Å². The van der Waals surface area contributed by atoms with E-state index in [0.29, 0.717) is 28.2 Å². The molecule has 0 aliphatic carbocycles. The second kappa shape index (κ2) is 7.79. The average molecular weight is 401 g/mol. The summed E-state index contributed by atoms with van der Waals surface area (Å²) < 4.78 is 15.2. The van der Waals surface area contributed by atoms with Crippen LogP contribution in [0.2, 0.25) is 0 Å². The van der Waals surface area contributed by atoms with Gasteiger partial charge in [0, 0.05) is 42.8 Å². The summed E-state index contributed by atoms with van der Waals surface area (Å²) in [5.41, 5.74) is 3.68. The Kier molecular flexibility index (Phi) is 5.02. The summed E-state index contributed by atoms with van der Waals surface area (Å²) in [5, 5.41) is 11.7. The SMILES string of the molecule is CNc1cc(C(=O)N(C)c2ccccc2)ccc1C(=N)c1cnc2ccc(F)cn12. The molecule has 0 saturated carbocycles. The van der Waals surface area contributed by atoms with Crippen molar-refractivity contribution in [1.82, 2.24) is 9.38 Å². The Balaban J connectivity index is 1.69. The summed E-state index contributed by atoms with van der Waals surface area (Å²) >= 11 is 0. The number of rotatable bonds is 5. The topological polar surface area (TPSA) is 73.5 Å². The molecule has 2 aromatic heterocycles. The summed E-state index contributed by atoms with van der Waals surface area (Å²) in [5.74, 6) is -0.569. The molecule has 0 aliphatic heterocycles. The molecule has 2 heterocycles. The maximum absolute atomic E-state index is 13.7. The minimum Gasteiger partial charge on any atom is -0.388 e. The van der Waals surface area contributed by atoms with E-state index in [9.17, 15) is 9.18 Å². The molecular weight excluding hydrogens is 381 g/mol. The minimum atomic E-state index is -0.409. The average Bonchev–Trinajstić information content (AvgIpc) is 3.20. The highest BCUT2D eigenvalue weighted by Gasteiger charge is 2.18. The molecule has 1 amide bonds. The van der Waals surface area contributed by atoms with Crippen molar-refractivity contribution >= 4 is 28.6 Å². The first-order valence-corrected chi connectivity index (χ1v) is 9.36. The molecule has 0 unspecified atom stereocenters. The number of nitrogens with one attached hydrogen (secondary N) is 2. The summed E-state index contributed by atoms with van der Waals surface area (Å²) in [4.78, 5) is 18.7. The second-order valence-electron chi connectivity index (χ2n) is 6.80. The summed E-state index contributed by atoms with van der Waals surface area (Å²) in [7, 11) is 3.45. The standard InChI is InChI=1S/C23H20FN5O/c1-26-19-12-15(23(30)28(2)17-6-4-3-5-7-17)8-10-18(19)22(25)20-13-27-21-11-9-16(24)14-29(20)21/h3-14,25-26H,1-2H3. The van der Waals surface area contributed by atoms with Crippen molar-refractivity contribution in [2.45, 2.75) is 0 Å². The number of anilines is 2. The summed E-state index contributed by atoms with van der Waals surface area (Å²) in [6.45, 7) is 0. The zero-order valence-electron chi connectivity index (χ0n) is 16.6. The second-order valence-corrected chi connectivity index (χ2v) is 6.80. The van der Waals surface area contributed by atoms with Gasteiger partial charge in [0.2, 0.25) is 0 Å². The van der Waals surface area contributed by atoms with Gasteiger partial charge in [-0.25, -0.2) is 9.37 Å². The predicted octanol–water partition coefficient (Wildman–Crippen LogP) is 4.21. The number of pyridine rings is 1. The van der Waals surface area contributed by atoms with Crippen LogP contribution in [0, 0.1) is 11.2 Å². The first kappa shape index (κ1) is 19.3. The van der Waals surface area contributed by atoms with Crippen molar-refractivity contribution in [3.8, 4) is 0 Å². The molecule has 4 aromatic rings.